The van der Waals surface area contributed by atoms with Crippen LogP contribution in [0.2, 0.25) is 0 Å². The fourth-order valence-electron chi connectivity index (χ4n) is 1.20. The van der Waals surface area contributed by atoms with E-state index >= 15 is 0 Å². The van der Waals surface area contributed by atoms with Gasteiger partial charge in [0.15, 0.2) is 0 Å². The molecule has 0 bridgehead atoms. The molecule has 1 aliphatic rings. The van der Waals surface area contributed by atoms with Gasteiger partial charge in [-0.25, -0.2) is 0 Å². The van der Waals surface area contributed by atoms with Crippen molar-refractivity contribution < 1.29 is 0 Å². The molecule has 1 rings (SSSR count). The van der Waals surface area contributed by atoms with E-state index in [0.717, 1.165) is 6.42 Å². The summed E-state index contributed by atoms with van der Waals surface area (Å²) in [4.78, 5) is 0. The summed E-state index contributed by atoms with van der Waals surface area (Å²) in [7, 11) is 0. The first-order valence-corrected chi connectivity index (χ1v) is 3.20. The number of terminal acetylenes is 1. The summed E-state index contributed by atoms with van der Waals surface area (Å²) in [6.45, 7) is 0. The molecule has 0 N–H and O–H groups in total. The van der Waals surface area contributed by atoms with Crippen molar-refractivity contribution in [1.82, 2.24) is 0 Å². The van der Waals surface area contributed by atoms with Crippen LogP contribution in [-0.4, -0.2) is 0 Å². The summed E-state index contributed by atoms with van der Waals surface area (Å²) in [6.07, 6.45) is 11.4. The molecule has 1 fully saturated rings. The summed E-state index contributed by atoms with van der Waals surface area (Å²) < 4.78 is 0. The first-order chi connectivity index (χ1) is 3.93. The Morgan fingerprint density at radius 2 is 2.00 bits per heavy atom. The second-order valence-electron chi connectivity index (χ2n) is 2.34. The monoisotopic (exact) mass is 107 g/mol. The molecule has 0 atom stereocenters. The number of hydrogen-bond donors (Lipinski definition) is 0. The average molecular weight is 107 g/mol. The van der Waals surface area contributed by atoms with E-state index in [0.29, 0.717) is 0 Å². The maximum Gasteiger partial charge on any atom is 0.0148 e. The van der Waals surface area contributed by atoms with Gasteiger partial charge in [0.05, 0.1) is 0 Å². The van der Waals surface area contributed by atoms with Crippen LogP contribution in [0.5, 0.6) is 0 Å². The zero-order valence-electron chi connectivity index (χ0n) is 5.11. The van der Waals surface area contributed by atoms with E-state index in [1.54, 1.807) is 5.92 Å². The summed E-state index contributed by atoms with van der Waals surface area (Å²) in [5.74, 6) is 4.26. The van der Waals surface area contributed by atoms with E-state index < -0.39 is 0 Å². The molecule has 43 valence electrons. The Morgan fingerprint density at radius 3 is 2.50 bits per heavy atom. The van der Waals surface area contributed by atoms with Gasteiger partial charge in [0.2, 0.25) is 0 Å². The Hall–Kier alpha value is -0.440. The zero-order chi connectivity index (χ0) is 5.82. The Morgan fingerprint density at radius 1 is 1.38 bits per heavy atom. The molecule has 0 heteroatoms. The molecule has 0 aromatic heterocycles. The van der Waals surface area contributed by atoms with Gasteiger partial charge in [-0.3, -0.25) is 0 Å². The summed E-state index contributed by atoms with van der Waals surface area (Å²) in [5, 5.41) is 0. The molecule has 0 unspecified atom stereocenters. The molecule has 0 spiro atoms. The highest BCUT2D eigenvalue weighted by atomic mass is 14.2. The van der Waals surface area contributed by atoms with Gasteiger partial charge >= 0.3 is 0 Å². The molecular formula is C8H11. The molecule has 0 aromatic rings. The molecule has 1 radical (unpaired) electrons. The van der Waals surface area contributed by atoms with Gasteiger partial charge < -0.3 is 0 Å². The van der Waals surface area contributed by atoms with Crippen LogP contribution in [0.15, 0.2) is 0 Å². The van der Waals surface area contributed by atoms with Crippen molar-refractivity contribution in [2.75, 3.05) is 0 Å². The zero-order valence-corrected chi connectivity index (χ0v) is 5.11. The van der Waals surface area contributed by atoms with E-state index in [1.807, 2.05) is 0 Å². The quantitative estimate of drug-likeness (QED) is 0.450. The van der Waals surface area contributed by atoms with Crippen molar-refractivity contribution in [1.29, 1.82) is 0 Å². The van der Waals surface area contributed by atoms with Crippen molar-refractivity contribution >= 4 is 0 Å². The lowest BCUT2D eigenvalue weighted by Gasteiger charge is -1.98. The van der Waals surface area contributed by atoms with Gasteiger partial charge in [-0.1, -0.05) is 12.8 Å². The molecule has 1 saturated carbocycles. The van der Waals surface area contributed by atoms with E-state index in [-0.39, 0.29) is 0 Å². The standard InChI is InChI=1S/C8H11/c1-2-5-8-6-3-4-7-8/h1H,3-7H2. The van der Waals surface area contributed by atoms with Crippen LogP contribution in [-0.2, 0) is 0 Å². The minimum atomic E-state index is 0.931. The lowest BCUT2D eigenvalue weighted by Crippen LogP contribution is -1.84. The maximum atomic E-state index is 5.14. The third kappa shape index (κ3) is 1.26. The summed E-state index contributed by atoms with van der Waals surface area (Å²) in [5.41, 5.74) is 0. The molecule has 0 nitrogen and oxygen atoms in total. The normalized spacial score (nSPS) is 20.9. The van der Waals surface area contributed by atoms with Crippen LogP contribution in [0.1, 0.15) is 32.1 Å². The first-order valence-electron chi connectivity index (χ1n) is 3.20. The first kappa shape index (κ1) is 5.69. The lowest BCUT2D eigenvalue weighted by atomic mass is 10.1. The maximum absolute atomic E-state index is 5.14. The van der Waals surface area contributed by atoms with Gasteiger partial charge in [-0.15, -0.1) is 12.3 Å². The van der Waals surface area contributed by atoms with Gasteiger partial charge in [0, 0.05) is 6.42 Å². The van der Waals surface area contributed by atoms with Gasteiger partial charge in [-0.05, 0) is 18.8 Å². The smallest absolute Gasteiger partial charge is 0.0148 e. The van der Waals surface area contributed by atoms with E-state index in [2.05, 4.69) is 5.92 Å². The number of rotatable bonds is 1. The Labute approximate surface area is 51.3 Å². The van der Waals surface area contributed by atoms with E-state index in [4.69, 9.17) is 6.42 Å². The molecule has 0 saturated heterocycles. The predicted octanol–water partition coefficient (Wildman–Crippen LogP) is 2.16. The van der Waals surface area contributed by atoms with Gasteiger partial charge in [0.1, 0.15) is 0 Å². The van der Waals surface area contributed by atoms with Crippen molar-refractivity contribution in [3.05, 3.63) is 5.92 Å². The Balaban J connectivity index is 2.17. The highest BCUT2D eigenvalue weighted by molar-refractivity contribution is 5.04. The molecular weight excluding hydrogens is 96.1 g/mol. The number of hydrogen-bond acceptors (Lipinski definition) is 0. The fraction of sp³-hybridized carbons (Fsp3) is 0.625. The van der Waals surface area contributed by atoms with Crippen LogP contribution in [0.3, 0.4) is 0 Å². The molecule has 0 amide bonds. The third-order valence-electron chi connectivity index (χ3n) is 1.66. The second kappa shape index (κ2) is 2.77. The van der Waals surface area contributed by atoms with E-state index in [9.17, 15) is 0 Å². The Kier molecular flexibility index (Phi) is 1.97. The van der Waals surface area contributed by atoms with E-state index in [1.165, 1.54) is 25.7 Å². The molecule has 1 aliphatic carbocycles. The lowest BCUT2D eigenvalue weighted by molar-refractivity contribution is 0.871. The highest BCUT2D eigenvalue weighted by Gasteiger charge is 2.13. The predicted molar refractivity (Wildman–Crippen MR) is 35.2 cm³/mol. The summed E-state index contributed by atoms with van der Waals surface area (Å²) in [6, 6.07) is 0. The van der Waals surface area contributed by atoms with Crippen LogP contribution in [0.4, 0.5) is 0 Å². The molecule has 0 aliphatic heterocycles. The van der Waals surface area contributed by atoms with Crippen molar-refractivity contribution in [2.45, 2.75) is 32.1 Å². The van der Waals surface area contributed by atoms with Crippen LogP contribution < -0.4 is 0 Å². The largest absolute Gasteiger partial charge is 0.120 e. The third-order valence-corrected chi connectivity index (χ3v) is 1.66. The summed E-state index contributed by atoms with van der Waals surface area (Å²) >= 11 is 0. The molecule has 8 heavy (non-hydrogen) atoms. The van der Waals surface area contributed by atoms with Crippen molar-refractivity contribution in [2.24, 2.45) is 0 Å². The average Bonchev–Trinajstić information content (AvgIpc) is 2.19. The van der Waals surface area contributed by atoms with Gasteiger partial charge in [0.25, 0.3) is 0 Å². The van der Waals surface area contributed by atoms with Gasteiger partial charge in [-0.2, -0.15) is 0 Å². The SMILES string of the molecule is C#CC[C]1CCCC1. The second-order valence-corrected chi connectivity index (χ2v) is 2.34. The van der Waals surface area contributed by atoms with Crippen LogP contribution in [0.25, 0.3) is 0 Å². The highest BCUT2D eigenvalue weighted by Crippen LogP contribution is 2.28. The van der Waals surface area contributed by atoms with Crippen LogP contribution >= 0.6 is 0 Å². The topological polar surface area (TPSA) is 0 Å². The minimum absolute atomic E-state index is 0.931. The minimum Gasteiger partial charge on any atom is -0.120 e. The molecule has 0 heterocycles. The Bertz CT molecular complexity index is 91.1. The molecule has 0 aromatic carbocycles. The fourth-order valence-corrected chi connectivity index (χ4v) is 1.20. The van der Waals surface area contributed by atoms with Crippen molar-refractivity contribution in [3.63, 3.8) is 0 Å². The van der Waals surface area contributed by atoms with Crippen LogP contribution in [0, 0.1) is 18.3 Å². The van der Waals surface area contributed by atoms with Crippen molar-refractivity contribution in [3.8, 4) is 12.3 Å².